The summed E-state index contributed by atoms with van der Waals surface area (Å²) < 4.78 is 32.7. The van der Waals surface area contributed by atoms with Gasteiger partial charge in [-0.1, -0.05) is 61.5 Å². The number of ether oxygens (including phenoxy) is 3. The van der Waals surface area contributed by atoms with Crippen LogP contribution >= 0.6 is 0 Å². The Hall–Kier alpha value is -4.23. The first-order chi connectivity index (χ1) is 20.3. The van der Waals surface area contributed by atoms with Crippen molar-refractivity contribution in [1.82, 2.24) is 0 Å². The predicted molar refractivity (Wildman–Crippen MR) is 158 cm³/mol. The summed E-state index contributed by atoms with van der Waals surface area (Å²) in [6.07, 6.45) is 3.96. The SMILES string of the molecule is C=CC[C@H]1C[C@]2([C@@H](C)Cc3cc(NC(=O)OCC4c5ccccc5-c5ccccc54)c(C)cc3F)OCOC2=CC1=O. The lowest BCUT2D eigenvalue weighted by molar-refractivity contribution is -0.123. The molecule has 42 heavy (non-hydrogen) atoms. The second-order valence-corrected chi connectivity index (χ2v) is 11.4. The second-order valence-electron chi connectivity index (χ2n) is 11.4. The van der Waals surface area contributed by atoms with Crippen LogP contribution in [0.4, 0.5) is 14.9 Å². The molecule has 1 heterocycles. The highest BCUT2D eigenvalue weighted by Gasteiger charge is 2.51. The van der Waals surface area contributed by atoms with Crippen LogP contribution in [-0.4, -0.2) is 30.9 Å². The van der Waals surface area contributed by atoms with Gasteiger partial charge in [-0.3, -0.25) is 10.1 Å². The summed E-state index contributed by atoms with van der Waals surface area (Å²) in [5.41, 5.74) is 5.26. The van der Waals surface area contributed by atoms with Gasteiger partial charge in [0.1, 0.15) is 23.8 Å². The number of ketones is 1. The fourth-order valence-electron chi connectivity index (χ4n) is 6.66. The van der Waals surface area contributed by atoms with Crippen LogP contribution in [0.15, 0.2) is 85.2 Å². The molecule has 3 aromatic rings. The van der Waals surface area contributed by atoms with Crippen LogP contribution in [0.5, 0.6) is 0 Å². The van der Waals surface area contributed by atoms with E-state index in [9.17, 15) is 9.59 Å². The first-order valence-corrected chi connectivity index (χ1v) is 14.4. The van der Waals surface area contributed by atoms with Crippen LogP contribution in [0, 0.1) is 24.6 Å². The molecule has 3 aromatic carbocycles. The number of amides is 1. The summed E-state index contributed by atoms with van der Waals surface area (Å²) in [6, 6.07) is 19.4. The van der Waals surface area contributed by atoms with Crippen LogP contribution < -0.4 is 5.32 Å². The number of halogens is 1. The number of carbonyl (C=O) groups is 2. The Bertz CT molecular complexity index is 1550. The Morgan fingerprint density at radius 1 is 1.17 bits per heavy atom. The highest BCUT2D eigenvalue weighted by atomic mass is 19.1. The average molecular weight is 568 g/mol. The third kappa shape index (κ3) is 4.92. The molecule has 0 radical (unpaired) electrons. The minimum absolute atomic E-state index is 0.00526. The number of nitrogens with one attached hydrogen (secondary N) is 1. The van der Waals surface area contributed by atoms with Gasteiger partial charge in [0.2, 0.25) is 0 Å². The summed E-state index contributed by atoms with van der Waals surface area (Å²) in [5, 5.41) is 2.83. The molecule has 7 heteroatoms. The molecule has 1 N–H and O–H groups in total. The molecule has 6 nitrogen and oxygen atoms in total. The van der Waals surface area contributed by atoms with Crippen molar-refractivity contribution in [3.05, 3.63) is 113 Å². The molecule has 0 aromatic heterocycles. The normalized spacial score (nSPS) is 21.5. The summed E-state index contributed by atoms with van der Waals surface area (Å²) in [5.74, 6) is -0.390. The van der Waals surface area contributed by atoms with Gasteiger partial charge >= 0.3 is 6.09 Å². The fourth-order valence-corrected chi connectivity index (χ4v) is 6.66. The van der Waals surface area contributed by atoms with Crippen molar-refractivity contribution in [1.29, 1.82) is 0 Å². The molecule has 1 saturated heterocycles. The first kappa shape index (κ1) is 27.9. The van der Waals surface area contributed by atoms with Crippen LogP contribution in [0.2, 0.25) is 0 Å². The van der Waals surface area contributed by atoms with Crippen LogP contribution in [-0.2, 0) is 25.4 Å². The molecule has 2 aliphatic carbocycles. The number of fused-ring (bicyclic) bond motifs is 4. The molecule has 1 aliphatic heterocycles. The highest BCUT2D eigenvalue weighted by molar-refractivity contribution is 5.94. The van der Waals surface area contributed by atoms with Crippen molar-refractivity contribution >= 4 is 17.6 Å². The molecule has 216 valence electrons. The number of allylic oxidation sites excluding steroid dienone is 2. The molecule has 1 amide bonds. The Morgan fingerprint density at radius 3 is 2.55 bits per heavy atom. The van der Waals surface area contributed by atoms with E-state index in [1.165, 1.54) is 12.1 Å². The van der Waals surface area contributed by atoms with Crippen molar-refractivity contribution in [3.8, 4) is 11.1 Å². The summed E-state index contributed by atoms with van der Waals surface area (Å²) in [4.78, 5) is 25.6. The maximum Gasteiger partial charge on any atom is 0.411 e. The van der Waals surface area contributed by atoms with Crippen LogP contribution in [0.25, 0.3) is 11.1 Å². The maximum atomic E-state index is 15.2. The number of hydrogen-bond acceptors (Lipinski definition) is 5. The Labute approximate surface area is 245 Å². The summed E-state index contributed by atoms with van der Waals surface area (Å²) in [7, 11) is 0. The van der Waals surface area contributed by atoms with Crippen molar-refractivity contribution in [2.24, 2.45) is 11.8 Å². The zero-order valence-corrected chi connectivity index (χ0v) is 23.8. The highest BCUT2D eigenvalue weighted by Crippen LogP contribution is 2.47. The van der Waals surface area contributed by atoms with E-state index in [1.54, 1.807) is 19.1 Å². The summed E-state index contributed by atoms with van der Waals surface area (Å²) >= 11 is 0. The molecular weight excluding hydrogens is 533 g/mol. The van der Waals surface area contributed by atoms with E-state index in [0.717, 1.165) is 22.3 Å². The monoisotopic (exact) mass is 567 g/mol. The first-order valence-electron chi connectivity index (χ1n) is 14.4. The number of benzene rings is 3. The van der Waals surface area contributed by atoms with E-state index in [4.69, 9.17) is 14.2 Å². The maximum absolute atomic E-state index is 15.2. The molecule has 0 unspecified atom stereocenters. The molecule has 0 spiro atoms. The van der Waals surface area contributed by atoms with E-state index in [0.29, 0.717) is 41.8 Å². The van der Waals surface area contributed by atoms with Gasteiger partial charge in [0.05, 0.1) is 0 Å². The van der Waals surface area contributed by atoms with E-state index >= 15 is 4.39 Å². The van der Waals surface area contributed by atoms with Gasteiger partial charge in [0.25, 0.3) is 0 Å². The molecule has 1 fully saturated rings. The molecule has 6 rings (SSSR count). The quantitative estimate of drug-likeness (QED) is 0.286. The Kier molecular flexibility index (Phi) is 7.45. The average Bonchev–Trinajstić information content (AvgIpc) is 3.54. The predicted octanol–water partition coefficient (Wildman–Crippen LogP) is 7.47. The fraction of sp³-hybridized carbons (Fsp3) is 0.314. The van der Waals surface area contributed by atoms with Gasteiger partial charge in [0.15, 0.2) is 12.6 Å². The van der Waals surface area contributed by atoms with Crippen LogP contribution in [0.3, 0.4) is 0 Å². The van der Waals surface area contributed by atoms with Gasteiger partial charge in [-0.25, -0.2) is 9.18 Å². The minimum Gasteiger partial charge on any atom is -0.469 e. The molecule has 3 aliphatic rings. The number of rotatable bonds is 8. The van der Waals surface area contributed by atoms with Crippen molar-refractivity contribution in [2.45, 2.75) is 44.6 Å². The second kappa shape index (κ2) is 11.2. The van der Waals surface area contributed by atoms with Crippen molar-refractivity contribution in [2.75, 3.05) is 18.7 Å². The standard InChI is InChI=1S/C35H34FNO5/c1-4-9-23-18-35(33(17-32(23)38)41-20-42-35)22(3)15-24-16-31(21(2)14-30(24)36)37-34(39)40-19-29-27-12-7-5-10-25(27)26-11-6-8-13-28(26)29/h4-8,10-14,16-17,22-23,29H,1,9,15,18-20H2,2-3H3,(H,37,39)/t22-,23-,35+/m0/s1. The van der Waals surface area contributed by atoms with E-state index in [2.05, 4.69) is 36.2 Å². The van der Waals surface area contributed by atoms with Crippen molar-refractivity contribution < 1.29 is 28.2 Å². The largest absolute Gasteiger partial charge is 0.469 e. The van der Waals surface area contributed by atoms with E-state index in [1.807, 2.05) is 31.2 Å². The van der Waals surface area contributed by atoms with Gasteiger partial charge in [0, 0.05) is 23.6 Å². The molecule has 3 atom stereocenters. The topological polar surface area (TPSA) is 73.9 Å². The van der Waals surface area contributed by atoms with E-state index < -0.39 is 11.7 Å². The minimum atomic E-state index is -0.820. The zero-order chi connectivity index (χ0) is 29.4. The molecule has 0 bridgehead atoms. The Morgan fingerprint density at radius 2 is 1.86 bits per heavy atom. The van der Waals surface area contributed by atoms with Gasteiger partial charge in [-0.15, -0.1) is 6.58 Å². The third-order valence-electron chi connectivity index (χ3n) is 8.92. The number of anilines is 1. The van der Waals surface area contributed by atoms with Gasteiger partial charge in [-0.05, 0) is 77.6 Å². The Balaban J connectivity index is 1.17. The molecule has 0 saturated carbocycles. The zero-order valence-electron chi connectivity index (χ0n) is 23.8. The number of hydrogen-bond donors (Lipinski definition) is 1. The van der Waals surface area contributed by atoms with Crippen molar-refractivity contribution in [3.63, 3.8) is 0 Å². The lowest BCUT2D eigenvalue weighted by atomic mass is 9.71. The summed E-state index contributed by atoms with van der Waals surface area (Å²) in [6.45, 7) is 7.73. The number of aryl methyl sites for hydroxylation is 1. The lowest BCUT2D eigenvalue weighted by Crippen LogP contribution is -2.45. The molecular formula is C35H34FNO5. The smallest absolute Gasteiger partial charge is 0.411 e. The lowest BCUT2D eigenvalue weighted by Gasteiger charge is -2.38. The van der Waals surface area contributed by atoms with Gasteiger partial charge in [-0.2, -0.15) is 0 Å². The van der Waals surface area contributed by atoms with Crippen LogP contribution in [0.1, 0.15) is 47.9 Å². The van der Waals surface area contributed by atoms with E-state index in [-0.39, 0.29) is 42.8 Å². The number of carbonyl (C=O) groups excluding carboxylic acids is 2. The van der Waals surface area contributed by atoms with Gasteiger partial charge < -0.3 is 14.2 Å². The third-order valence-corrected chi connectivity index (χ3v) is 8.92.